The second kappa shape index (κ2) is 2.16. The molecule has 6 nitrogen and oxygen atoms in total. The summed E-state index contributed by atoms with van der Waals surface area (Å²) < 4.78 is 9.60. The highest BCUT2D eigenvalue weighted by Gasteiger charge is 2.37. The van der Waals surface area contributed by atoms with Gasteiger partial charge in [-0.25, -0.2) is 9.97 Å². The van der Waals surface area contributed by atoms with Gasteiger partial charge in [-0.05, 0) is 0 Å². The molecule has 2 aromatic heterocycles. The van der Waals surface area contributed by atoms with Crippen molar-refractivity contribution in [3.05, 3.63) is 35.7 Å². The minimum absolute atomic E-state index is 0.0146. The van der Waals surface area contributed by atoms with Crippen molar-refractivity contribution in [2.75, 3.05) is 0 Å². The zero-order valence-electron chi connectivity index (χ0n) is 6.68. The third kappa shape index (κ3) is 0.657. The fourth-order valence-electron chi connectivity index (χ4n) is 1.35. The van der Waals surface area contributed by atoms with E-state index < -0.39 is 11.6 Å². The van der Waals surface area contributed by atoms with Crippen LogP contribution >= 0.6 is 0 Å². The molecule has 0 spiro atoms. The molecule has 1 aliphatic rings. The monoisotopic (exact) mass is 190 g/mol. The molecule has 3 rings (SSSR count). The molecule has 0 bridgehead atoms. The number of aromatic nitrogens is 2. The maximum Gasteiger partial charge on any atom is 0.253 e. The highest BCUT2D eigenvalue weighted by atomic mass is 16.4. The van der Waals surface area contributed by atoms with Crippen LogP contribution in [0.25, 0.3) is 0 Å². The number of nitrogens with zero attached hydrogens (tertiary/aromatic N) is 2. The van der Waals surface area contributed by atoms with E-state index in [9.17, 15) is 9.59 Å². The lowest BCUT2D eigenvalue weighted by molar-refractivity contribution is 0.0940. The standard InChI is InChI=1S/C8H2N2O4/c11-5-3-7(13-1-9-3)6(12)4-8(5)14-2-10-4/h1-2H. The van der Waals surface area contributed by atoms with Gasteiger partial charge < -0.3 is 8.83 Å². The summed E-state index contributed by atoms with van der Waals surface area (Å²) in [6, 6.07) is 0. The predicted molar refractivity (Wildman–Crippen MR) is 39.9 cm³/mol. The van der Waals surface area contributed by atoms with E-state index in [0.717, 1.165) is 12.8 Å². The number of fused-ring (bicyclic) bond motifs is 2. The molecule has 0 N–H and O–H groups in total. The van der Waals surface area contributed by atoms with E-state index in [1.807, 2.05) is 0 Å². The summed E-state index contributed by atoms with van der Waals surface area (Å²) in [6.07, 6.45) is 2.10. The number of carbonyl (C=O) groups excluding carboxylic acids is 2. The van der Waals surface area contributed by atoms with Crippen LogP contribution in [0.4, 0.5) is 0 Å². The highest BCUT2D eigenvalue weighted by molar-refractivity contribution is 6.24. The molecule has 0 unspecified atom stereocenters. The van der Waals surface area contributed by atoms with Crippen molar-refractivity contribution in [3.63, 3.8) is 0 Å². The van der Waals surface area contributed by atoms with E-state index in [-0.39, 0.29) is 22.9 Å². The Labute approximate surface area is 76.6 Å². The van der Waals surface area contributed by atoms with Crippen molar-refractivity contribution < 1.29 is 18.4 Å². The molecule has 0 aromatic carbocycles. The van der Waals surface area contributed by atoms with E-state index in [1.54, 1.807) is 0 Å². The summed E-state index contributed by atoms with van der Waals surface area (Å²) in [5, 5.41) is 0. The Balaban J connectivity index is 2.37. The van der Waals surface area contributed by atoms with Gasteiger partial charge in [-0.2, -0.15) is 0 Å². The molecule has 0 amide bonds. The Morgan fingerprint density at radius 2 is 1.29 bits per heavy atom. The molecule has 2 heterocycles. The molecule has 68 valence electrons. The van der Waals surface area contributed by atoms with Crippen LogP contribution in [-0.4, -0.2) is 21.5 Å². The first kappa shape index (κ1) is 7.19. The lowest BCUT2D eigenvalue weighted by Gasteiger charge is -2.03. The Hall–Kier alpha value is -2.24. The van der Waals surface area contributed by atoms with Crippen molar-refractivity contribution in [2.45, 2.75) is 0 Å². The predicted octanol–water partition coefficient (Wildman–Crippen LogP) is 0.438. The van der Waals surface area contributed by atoms with Gasteiger partial charge in [-0.3, -0.25) is 9.59 Å². The summed E-state index contributed by atoms with van der Waals surface area (Å²) in [5.74, 6) is -1.09. The Morgan fingerprint density at radius 1 is 0.857 bits per heavy atom. The van der Waals surface area contributed by atoms with Gasteiger partial charge in [-0.1, -0.05) is 0 Å². The van der Waals surface area contributed by atoms with Gasteiger partial charge in [0.05, 0.1) is 0 Å². The number of hydrogen-bond donors (Lipinski definition) is 0. The van der Waals surface area contributed by atoms with Crippen LogP contribution in [-0.2, 0) is 0 Å². The number of hydrogen-bond acceptors (Lipinski definition) is 6. The average Bonchev–Trinajstić information content (AvgIpc) is 2.82. The molecular weight excluding hydrogens is 188 g/mol. The van der Waals surface area contributed by atoms with Crippen molar-refractivity contribution >= 4 is 11.6 Å². The molecule has 6 heteroatoms. The molecule has 2 aromatic rings. The van der Waals surface area contributed by atoms with Crippen LogP contribution in [0.1, 0.15) is 32.5 Å². The molecule has 0 aliphatic heterocycles. The van der Waals surface area contributed by atoms with Crippen LogP contribution < -0.4 is 0 Å². The van der Waals surface area contributed by atoms with E-state index in [2.05, 4.69) is 9.97 Å². The lowest BCUT2D eigenvalue weighted by Crippen LogP contribution is -2.19. The first-order valence-corrected chi connectivity index (χ1v) is 3.75. The zero-order valence-corrected chi connectivity index (χ0v) is 6.68. The van der Waals surface area contributed by atoms with Gasteiger partial charge in [0, 0.05) is 0 Å². The van der Waals surface area contributed by atoms with Crippen LogP contribution in [0.3, 0.4) is 0 Å². The molecular formula is C8H2N2O4. The van der Waals surface area contributed by atoms with E-state index >= 15 is 0 Å². The van der Waals surface area contributed by atoms with Gasteiger partial charge in [0.25, 0.3) is 11.6 Å². The van der Waals surface area contributed by atoms with Crippen LogP contribution in [0.15, 0.2) is 21.6 Å². The van der Waals surface area contributed by atoms with Crippen LogP contribution in [0.5, 0.6) is 0 Å². The van der Waals surface area contributed by atoms with Crippen molar-refractivity contribution in [2.24, 2.45) is 0 Å². The maximum atomic E-state index is 11.6. The van der Waals surface area contributed by atoms with Crippen LogP contribution in [0.2, 0.25) is 0 Å². The zero-order chi connectivity index (χ0) is 9.71. The number of ketones is 2. The molecule has 0 saturated carbocycles. The summed E-state index contributed by atoms with van der Waals surface area (Å²) in [6.45, 7) is 0. The number of oxazole rings is 2. The third-order valence-corrected chi connectivity index (χ3v) is 1.98. The van der Waals surface area contributed by atoms with Crippen molar-refractivity contribution in [1.82, 2.24) is 9.97 Å². The first-order chi connectivity index (χ1) is 6.79. The van der Waals surface area contributed by atoms with Crippen LogP contribution in [0, 0.1) is 0 Å². The van der Waals surface area contributed by atoms with E-state index in [4.69, 9.17) is 8.83 Å². The van der Waals surface area contributed by atoms with E-state index in [1.165, 1.54) is 0 Å². The second-order valence-corrected chi connectivity index (χ2v) is 2.72. The summed E-state index contributed by atoms with van der Waals surface area (Å²) in [7, 11) is 0. The van der Waals surface area contributed by atoms with E-state index in [0.29, 0.717) is 0 Å². The quantitative estimate of drug-likeness (QED) is 0.511. The minimum Gasteiger partial charge on any atom is -0.439 e. The summed E-state index contributed by atoms with van der Waals surface area (Å²) in [5.41, 5.74) is -0.0292. The van der Waals surface area contributed by atoms with Gasteiger partial charge in [-0.15, -0.1) is 0 Å². The van der Waals surface area contributed by atoms with Gasteiger partial charge in [0.1, 0.15) is 0 Å². The number of rotatable bonds is 0. The Kier molecular flexibility index (Phi) is 1.11. The normalized spacial score (nSPS) is 14.0. The molecule has 0 atom stereocenters. The van der Waals surface area contributed by atoms with Crippen molar-refractivity contribution in [3.8, 4) is 0 Å². The van der Waals surface area contributed by atoms with Gasteiger partial charge in [0.15, 0.2) is 24.2 Å². The lowest BCUT2D eigenvalue weighted by atomic mass is 10.0. The molecule has 14 heavy (non-hydrogen) atoms. The number of carbonyl (C=O) groups is 2. The Bertz CT molecular complexity index is 460. The molecule has 0 radical (unpaired) electrons. The Morgan fingerprint density at radius 3 is 1.71 bits per heavy atom. The van der Waals surface area contributed by atoms with Gasteiger partial charge in [0.2, 0.25) is 11.5 Å². The summed E-state index contributed by atoms with van der Waals surface area (Å²) >= 11 is 0. The first-order valence-electron chi connectivity index (χ1n) is 3.75. The molecule has 1 aliphatic carbocycles. The SMILES string of the molecule is O=C1c2ncoc2C(=O)c2ncoc21. The fourth-order valence-corrected chi connectivity index (χ4v) is 1.35. The van der Waals surface area contributed by atoms with Crippen molar-refractivity contribution in [1.29, 1.82) is 0 Å². The smallest absolute Gasteiger partial charge is 0.253 e. The van der Waals surface area contributed by atoms with Gasteiger partial charge >= 0.3 is 0 Å². The minimum atomic E-state index is -0.471. The second-order valence-electron chi connectivity index (χ2n) is 2.72. The molecule has 0 fully saturated rings. The third-order valence-electron chi connectivity index (χ3n) is 1.98. The molecule has 0 saturated heterocycles. The maximum absolute atomic E-state index is 11.6. The fraction of sp³-hybridized carbons (Fsp3) is 0. The highest BCUT2D eigenvalue weighted by Crippen LogP contribution is 2.24. The largest absolute Gasteiger partial charge is 0.439 e. The average molecular weight is 190 g/mol. The topological polar surface area (TPSA) is 86.2 Å². The summed E-state index contributed by atoms with van der Waals surface area (Å²) in [4.78, 5) is 30.4.